The lowest BCUT2D eigenvalue weighted by atomic mass is 10.2. The maximum atomic E-state index is 11.8. The van der Waals surface area contributed by atoms with Gasteiger partial charge in [-0.15, -0.1) is 0 Å². The van der Waals surface area contributed by atoms with Crippen LogP contribution in [0.15, 0.2) is 38.2 Å². The van der Waals surface area contributed by atoms with Crippen molar-refractivity contribution in [1.82, 2.24) is 20.2 Å². The molecule has 0 fully saturated rings. The minimum absolute atomic E-state index is 0.156. The second kappa shape index (κ2) is 8.51. The van der Waals surface area contributed by atoms with Crippen molar-refractivity contribution in [1.29, 1.82) is 0 Å². The lowest BCUT2D eigenvalue weighted by molar-refractivity contribution is -0.119. The number of rotatable bonds is 5. The minimum atomic E-state index is -0.369. The first kappa shape index (κ1) is 17.3. The number of hydrazine groups is 1. The van der Waals surface area contributed by atoms with Crippen molar-refractivity contribution in [2.24, 2.45) is 0 Å². The molecule has 0 radical (unpaired) electrons. The summed E-state index contributed by atoms with van der Waals surface area (Å²) in [6.07, 6.45) is 1.89. The third kappa shape index (κ3) is 5.27. The van der Waals surface area contributed by atoms with Crippen molar-refractivity contribution in [3.05, 3.63) is 34.3 Å². The van der Waals surface area contributed by atoms with Gasteiger partial charge in [-0.05, 0) is 42.1 Å². The number of carbonyl (C=O) groups is 2. The van der Waals surface area contributed by atoms with Crippen LogP contribution in [0, 0.1) is 0 Å². The van der Waals surface area contributed by atoms with Crippen LogP contribution in [0.1, 0.15) is 10.4 Å². The van der Waals surface area contributed by atoms with Gasteiger partial charge in [0.05, 0.1) is 5.75 Å². The SMILES string of the molecule is CSc1nsc(SCC(=O)NNC(=O)c2ccc(Br)cc2)n1. The number of hydrogen-bond acceptors (Lipinski definition) is 7. The number of halogens is 1. The van der Waals surface area contributed by atoms with E-state index in [1.54, 1.807) is 24.3 Å². The van der Waals surface area contributed by atoms with E-state index in [1.165, 1.54) is 35.1 Å². The smallest absolute Gasteiger partial charge is 0.269 e. The lowest BCUT2D eigenvalue weighted by Crippen LogP contribution is -2.42. The minimum Gasteiger partial charge on any atom is -0.272 e. The summed E-state index contributed by atoms with van der Waals surface area (Å²) in [4.78, 5) is 27.7. The van der Waals surface area contributed by atoms with Crippen molar-refractivity contribution < 1.29 is 9.59 Å². The zero-order valence-corrected chi connectivity index (χ0v) is 15.4. The van der Waals surface area contributed by atoms with Crippen LogP contribution in [0.4, 0.5) is 0 Å². The number of aromatic nitrogens is 2. The molecule has 0 saturated heterocycles. The zero-order chi connectivity index (χ0) is 15.9. The lowest BCUT2D eigenvalue weighted by Gasteiger charge is -2.06. The molecule has 2 rings (SSSR count). The summed E-state index contributed by atoms with van der Waals surface area (Å²) in [5.74, 6) is -0.522. The zero-order valence-electron chi connectivity index (χ0n) is 11.3. The molecule has 0 spiro atoms. The van der Waals surface area contributed by atoms with Crippen molar-refractivity contribution in [3.63, 3.8) is 0 Å². The van der Waals surface area contributed by atoms with Crippen molar-refractivity contribution in [2.45, 2.75) is 9.50 Å². The standard InChI is InChI=1S/C12H11BrN4O2S3/c1-20-11-14-12(22-17-11)21-6-9(18)15-16-10(19)7-2-4-8(13)5-3-7/h2-5H,6H2,1H3,(H,15,18)(H,16,19). The fourth-order valence-electron chi connectivity index (χ4n) is 1.30. The Morgan fingerprint density at radius 2 is 2.00 bits per heavy atom. The molecule has 0 bridgehead atoms. The highest BCUT2D eigenvalue weighted by atomic mass is 79.9. The Morgan fingerprint density at radius 1 is 1.27 bits per heavy atom. The molecule has 1 heterocycles. The molecule has 2 N–H and O–H groups in total. The van der Waals surface area contributed by atoms with Gasteiger partial charge in [0.25, 0.3) is 5.91 Å². The van der Waals surface area contributed by atoms with Gasteiger partial charge in [0.15, 0.2) is 4.34 Å². The highest BCUT2D eigenvalue weighted by Crippen LogP contribution is 2.23. The Bertz CT molecular complexity index is 663. The van der Waals surface area contributed by atoms with Gasteiger partial charge in [-0.25, -0.2) is 4.98 Å². The van der Waals surface area contributed by atoms with E-state index in [0.29, 0.717) is 10.7 Å². The average Bonchev–Trinajstić information content (AvgIpc) is 2.99. The Morgan fingerprint density at radius 3 is 2.64 bits per heavy atom. The number of amides is 2. The maximum absolute atomic E-state index is 11.8. The van der Waals surface area contributed by atoms with Crippen molar-refractivity contribution in [3.8, 4) is 0 Å². The molecule has 2 aromatic rings. The number of nitrogens with one attached hydrogen (secondary N) is 2. The van der Waals surface area contributed by atoms with E-state index in [4.69, 9.17) is 0 Å². The van der Waals surface area contributed by atoms with Gasteiger partial charge in [0.1, 0.15) is 0 Å². The van der Waals surface area contributed by atoms with E-state index in [9.17, 15) is 9.59 Å². The van der Waals surface area contributed by atoms with E-state index in [2.05, 4.69) is 36.1 Å². The Balaban J connectivity index is 1.75. The summed E-state index contributed by atoms with van der Waals surface area (Å²) in [6.45, 7) is 0. The van der Waals surface area contributed by atoms with E-state index >= 15 is 0 Å². The first-order valence-electron chi connectivity index (χ1n) is 5.93. The largest absolute Gasteiger partial charge is 0.272 e. The van der Waals surface area contributed by atoms with Gasteiger partial charge in [0, 0.05) is 10.0 Å². The van der Waals surface area contributed by atoms with E-state index in [0.717, 1.165) is 8.81 Å². The molecule has 2 amide bonds. The van der Waals surface area contributed by atoms with E-state index in [-0.39, 0.29) is 17.6 Å². The summed E-state index contributed by atoms with van der Waals surface area (Å²) in [5, 5.41) is 0.691. The molecule has 0 aliphatic rings. The Hall–Kier alpha value is -1.10. The summed E-state index contributed by atoms with van der Waals surface area (Å²) in [5.41, 5.74) is 5.20. The van der Waals surface area contributed by atoms with Gasteiger partial charge in [0.2, 0.25) is 11.1 Å². The highest BCUT2D eigenvalue weighted by Gasteiger charge is 2.09. The molecule has 0 unspecified atom stereocenters. The molecule has 0 aliphatic carbocycles. The van der Waals surface area contributed by atoms with Gasteiger partial charge in [-0.2, -0.15) is 4.37 Å². The Labute approximate surface area is 148 Å². The van der Waals surface area contributed by atoms with E-state index in [1.807, 2.05) is 6.26 Å². The number of thioether (sulfide) groups is 2. The summed E-state index contributed by atoms with van der Waals surface area (Å²) in [6, 6.07) is 6.83. The number of nitrogens with zero attached hydrogens (tertiary/aromatic N) is 2. The third-order valence-electron chi connectivity index (χ3n) is 2.32. The molecule has 0 saturated carbocycles. The summed E-state index contributed by atoms with van der Waals surface area (Å²) >= 11 is 7.27. The van der Waals surface area contributed by atoms with Crippen LogP contribution >= 0.6 is 51.0 Å². The molecule has 1 aromatic carbocycles. The van der Waals surface area contributed by atoms with Gasteiger partial charge in [-0.3, -0.25) is 20.4 Å². The quantitative estimate of drug-likeness (QED) is 0.573. The topological polar surface area (TPSA) is 84.0 Å². The number of carbonyl (C=O) groups excluding carboxylic acids is 2. The van der Waals surface area contributed by atoms with Crippen LogP contribution in [-0.2, 0) is 4.79 Å². The molecular weight excluding hydrogens is 408 g/mol. The number of benzene rings is 1. The second-order valence-electron chi connectivity index (χ2n) is 3.84. The predicted molar refractivity (Wildman–Crippen MR) is 92.2 cm³/mol. The van der Waals surface area contributed by atoms with Gasteiger partial charge >= 0.3 is 0 Å². The maximum Gasteiger partial charge on any atom is 0.269 e. The van der Waals surface area contributed by atoms with Crippen LogP contribution in [0.2, 0.25) is 0 Å². The normalized spacial score (nSPS) is 10.3. The molecule has 0 atom stereocenters. The molecular formula is C12H11BrN4O2S3. The molecule has 116 valence electrons. The third-order valence-corrected chi connectivity index (χ3v) is 5.35. The summed E-state index contributed by atoms with van der Waals surface area (Å²) in [7, 11) is 0. The second-order valence-corrected chi connectivity index (χ2v) is 7.51. The molecule has 22 heavy (non-hydrogen) atoms. The molecule has 1 aromatic heterocycles. The Kier molecular flexibility index (Phi) is 6.68. The van der Waals surface area contributed by atoms with Crippen LogP contribution in [-0.4, -0.2) is 33.2 Å². The fraction of sp³-hybridized carbons (Fsp3) is 0.167. The van der Waals surface area contributed by atoms with Crippen LogP contribution in [0.5, 0.6) is 0 Å². The molecule has 6 nitrogen and oxygen atoms in total. The molecule has 0 aliphatic heterocycles. The van der Waals surface area contributed by atoms with Crippen molar-refractivity contribution >= 4 is 62.8 Å². The summed E-state index contributed by atoms with van der Waals surface area (Å²) < 4.78 is 5.70. The number of hydrogen-bond donors (Lipinski definition) is 2. The molecule has 10 heteroatoms. The van der Waals surface area contributed by atoms with Crippen LogP contribution in [0.25, 0.3) is 0 Å². The predicted octanol–water partition coefficient (Wildman–Crippen LogP) is 2.58. The van der Waals surface area contributed by atoms with Crippen LogP contribution in [0.3, 0.4) is 0 Å². The van der Waals surface area contributed by atoms with Gasteiger partial charge < -0.3 is 0 Å². The van der Waals surface area contributed by atoms with Crippen molar-refractivity contribution in [2.75, 3.05) is 12.0 Å². The van der Waals surface area contributed by atoms with E-state index < -0.39 is 0 Å². The van der Waals surface area contributed by atoms with Crippen LogP contribution < -0.4 is 10.9 Å². The first-order valence-corrected chi connectivity index (χ1v) is 9.71. The average molecular weight is 419 g/mol. The monoisotopic (exact) mass is 418 g/mol. The first-order chi connectivity index (χ1) is 10.6. The highest BCUT2D eigenvalue weighted by molar-refractivity contribution is 9.10. The van der Waals surface area contributed by atoms with Gasteiger partial charge in [-0.1, -0.05) is 39.5 Å². The fourth-order valence-corrected chi connectivity index (χ4v) is 3.58.